The Morgan fingerprint density at radius 1 is 1.14 bits per heavy atom. The minimum atomic E-state index is -0.221. The first-order valence-corrected chi connectivity index (χ1v) is 13.4. The molecular formula is C30H36FN3O. The molecule has 1 unspecified atom stereocenters. The van der Waals surface area contributed by atoms with E-state index in [-0.39, 0.29) is 11.6 Å². The molecule has 3 aliphatic rings. The molecule has 2 aromatic rings. The van der Waals surface area contributed by atoms with Crippen LogP contribution in [0.5, 0.6) is 0 Å². The maximum absolute atomic E-state index is 15.5. The maximum atomic E-state index is 15.5. The van der Waals surface area contributed by atoms with Gasteiger partial charge in [0.25, 0.3) is 0 Å². The van der Waals surface area contributed by atoms with Gasteiger partial charge in [0.15, 0.2) is 0 Å². The molecule has 4 nitrogen and oxygen atoms in total. The first-order chi connectivity index (χ1) is 17.0. The second-order valence-corrected chi connectivity index (χ2v) is 10.4. The molecule has 5 rings (SSSR count). The summed E-state index contributed by atoms with van der Waals surface area (Å²) in [7, 11) is 0. The van der Waals surface area contributed by atoms with Crippen molar-refractivity contribution in [1.29, 1.82) is 0 Å². The van der Waals surface area contributed by atoms with Crippen molar-refractivity contribution in [3.05, 3.63) is 46.8 Å². The highest BCUT2D eigenvalue weighted by Gasteiger charge is 2.27. The van der Waals surface area contributed by atoms with Crippen LogP contribution in [-0.2, 0) is 17.8 Å². The molecule has 2 heterocycles. The van der Waals surface area contributed by atoms with Crippen molar-refractivity contribution >= 4 is 29.7 Å². The van der Waals surface area contributed by atoms with Crippen LogP contribution in [0, 0.1) is 5.82 Å². The van der Waals surface area contributed by atoms with Crippen LogP contribution in [-0.4, -0.2) is 29.3 Å². The molecule has 2 aliphatic heterocycles. The predicted octanol–water partition coefficient (Wildman–Crippen LogP) is 7.81. The van der Waals surface area contributed by atoms with Gasteiger partial charge in [0.05, 0.1) is 17.7 Å². The van der Waals surface area contributed by atoms with Crippen molar-refractivity contribution < 1.29 is 9.18 Å². The lowest BCUT2D eigenvalue weighted by atomic mass is 9.81. The summed E-state index contributed by atoms with van der Waals surface area (Å²) in [6.45, 7) is 4.67. The van der Waals surface area contributed by atoms with Crippen molar-refractivity contribution in [2.24, 2.45) is 9.98 Å². The number of hydrogen-bond donors (Lipinski definition) is 0. The molecule has 35 heavy (non-hydrogen) atoms. The largest absolute Gasteiger partial charge is 0.355 e. The summed E-state index contributed by atoms with van der Waals surface area (Å²) >= 11 is 0. The normalized spacial score (nSPS) is 19.5. The van der Waals surface area contributed by atoms with E-state index >= 15 is 4.39 Å². The molecule has 2 aromatic carbocycles. The number of fused-ring (bicyclic) bond motifs is 2. The van der Waals surface area contributed by atoms with Gasteiger partial charge in [-0.15, -0.1) is 0 Å². The number of Topliss-reactive ketones (excluding diaryl/α,β-unsaturated/α-hetero) is 1. The van der Waals surface area contributed by atoms with Crippen LogP contribution >= 0.6 is 0 Å². The Morgan fingerprint density at radius 2 is 1.97 bits per heavy atom. The number of halogens is 1. The van der Waals surface area contributed by atoms with Gasteiger partial charge in [-0.05, 0) is 85.8 Å². The SMILES string of the molecule is CCC1CC=Nc2c(CCCC(C)=O)c(F)cc(-c3ccc4c(c3)N=CN(C3CCCCC3)C4)c21. The molecule has 0 spiro atoms. The molecule has 1 aliphatic carbocycles. The highest BCUT2D eigenvalue weighted by atomic mass is 19.1. The van der Waals surface area contributed by atoms with E-state index in [1.165, 1.54) is 37.7 Å². The monoisotopic (exact) mass is 473 g/mol. The third kappa shape index (κ3) is 4.96. The number of rotatable bonds is 7. The minimum Gasteiger partial charge on any atom is -0.355 e. The van der Waals surface area contributed by atoms with Crippen molar-refractivity contribution in [2.45, 2.75) is 96.6 Å². The number of carbonyl (C=O) groups is 1. The van der Waals surface area contributed by atoms with Gasteiger partial charge >= 0.3 is 0 Å². The van der Waals surface area contributed by atoms with E-state index in [0.29, 0.717) is 36.8 Å². The molecule has 1 saturated carbocycles. The summed E-state index contributed by atoms with van der Waals surface area (Å²) in [6, 6.07) is 8.73. The van der Waals surface area contributed by atoms with Gasteiger partial charge in [-0.2, -0.15) is 0 Å². The molecule has 0 N–H and O–H groups in total. The summed E-state index contributed by atoms with van der Waals surface area (Å²) in [5.41, 5.74) is 6.75. The first kappa shape index (κ1) is 23.9. The third-order valence-corrected chi connectivity index (χ3v) is 8.00. The number of benzene rings is 2. The average Bonchev–Trinajstić information content (AvgIpc) is 2.89. The Bertz CT molecular complexity index is 1160. The second kappa shape index (κ2) is 10.4. The fourth-order valence-electron chi connectivity index (χ4n) is 6.00. The van der Waals surface area contributed by atoms with Gasteiger partial charge in [-0.1, -0.05) is 38.3 Å². The Morgan fingerprint density at radius 3 is 2.74 bits per heavy atom. The van der Waals surface area contributed by atoms with E-state index in [2.05, 4.69) is 30.0 Å². The molecule has 5 heteroatoms. The van der Waals surface area contributed by atoms with Crippen LogP contribution in [0.4, 0.5) is 15.8 Å². The van der Waals surface area contributed by atoms with E-state index in [0.717, 1.165) is 47.5 Å². The van der Waals surface area contributed by atoms with Crippen molar-refractivity contribution in [3.8, 4) is 11.1 Å². The maximum Gasteiger partial charge on any atom is 0.129 e. The lowest BCUT2D eigenvalue weighted by molar-refractivity contribution is -0.117. The smallest absolute Gasteiger partial charge is 0.129 e. The van der Waals surface area contributed by atoms with Crippen LogP contribution in [0.2, 0.25) is 0 Å². The topological polar surface area (TPSA) is 45.0 Å². The van der Waals surface area contributed by atoms with Gasteiger partial charge in [-0.3, -0.25) is 4.99 Å². The summed E-state index contributed by atoms with van der Waals surface area (Å²) in [5, 5.41) is 0. The molecular weight excluding hydrogens is 437 g/mol. The Labute approximate surface area is 208 Å². The number of hydrogen-bond acceptors (Lipinski definition) is 4. The molecule has 0 radical (unpaired) electrons. The van der Waals surface area contributed by atoms with Gasteiger partial charge in [0, 0.05) is 30.8 Å². The minimum absolute atomic E-state index is 0.141. The molecule has 0 aromatic heterocycles. The van der Waals surface area contributed by atoms with Crippen LogP contribution in [0.3, 0.4) is 0 Å². The molecule has 1 atom stereocenters. The van der Waals surface area contributed by atoms with E-state index in [1.807, 2.05) is 12.6 Å². The fraction of sp³-hybridized carbons (Fsp3) is 0.500. The average molecular weight is 474 g/mol. The number of aliphatic imine (C=N–C) groups is 2. The lowest BCUT2D eigenvalue weighted by Crippen LogP contribution is -2.36. The highest BCUT2D eigenvalue weighted by Crippen LogP contribution is 2.46. The summed E-state index contributed by atoms with van der Waals surface area (Å²) in [4.78, 5) is 23.4. The van der Waals surface area contributed by atoms with Gasteiger partial charge in [0.1, 0.15) is 11.6 Å². The Balaban J connectivity index is 1.49. The summed E-state index contributed by atoms with van der Waals surface area (Å²) < 4.78 is 15.5. The van der Waals surface area contributed by atoms with Crippen molar-refractivity contribution in [2.75, 3.05) is 0 Å². The summed E-state index contributed by atoms with van der Waals surface area (Å²) in [5.74, 6) is 0.231. The molecule has 0 bridgehead atoms. The van der Waals surface area contributed by atoms with Crippen LogP contribution in [0.1, 0.15) is 94.2 Å². The number of nitrogens with zero attached hydrogens (tertiary/aromatic N) is 3. The molecule has 0 amide bonds. The van der Waals surface area contributed by atoms with E-state index in [4.69, 9.17) is 9.98 Å². The van der Waals surface area contributed by atoms with Crippen LogP contribution in [0.15, 0.2) is 34.3 Å². The van der Waals surface area contributed by atoms with Gasteiger partial charge in [0.2, 0.25) is 0 Å². The number of carbonyl (C=O) groups excluding carboxylic acids is 1. The number of ketones is 1. The predicted molar refractivity (Wildman–Crippen MR) is 142 cm³/mol. The highest BCUT2D eigenvalue weighted by molar-refractivity contribution is 5.83. The third-order valence-electron chi connectivity index (χ3n) is 8.00. The van der Waals surface area contributed by atoms with Crippen LogP contribution in [0.25, 0.3) is 11.1 Å². The zero-order valence-electron chi connectivity index (χ0n) is 21.0. The van der Waals surface area contributed by atoms with Gasteiger partial charge in [-0.25, -0.2) is 9.38 Å². The standard InChI is InChI=1S/C30H36FN3O/c1-3-21-14-15-32-30-25(11-7-8-20(2)35)27(31)17-26(29(21)30)22-12-13-23-18-34(19-33-28(23)16-22)24-9-5-4-6-10-24/h12-13,15-17,19,21,24H,3-11,14,18H2,1-2H3. The fourth-order valence-corrected chi connectivity index (χ4v) is 6.00. The second-order valence-electron chi connectivity index (χ2n) is 10.4. The van der Waals surface area contributed by atoms with Crippen molar-refractivity contribution in [3.63, 3.8) is 0 Å². The quantitative estimate of drug-likeness (QED) is 0.411. The summed E-state index contributed by atoms with van der Waals surface area (Å²) in [6.07, 6.45) is 13.9. The zero-order chi connectivity index (χ0) is 24.4. The molecule has 1 fully saturated rings. The molecule has 0 saturated heterocycles. The van der Waals surface area contributed by atoms with E-state index in [1.54, 1.807) is 13.0 Å². The first-order valence-electron chi connectivity index (χ1n) is 13.4. The van der Waals surface area contributed by atoms with E-state index in [9.17, 15) is 4.79 Å². The van der Waals surface area contributed by atoms with Gasteiger partial charge < -0.3 is 9.69 Å². The van der Waals surface area contributed by atoms with Crippen molar-refractivity contribution in [1.82, 2.24) is 4.90 Å². The zero-order valence-corrected chi connectivity index (χ0v) is 21.0. The Hall–Kier alpha value is -2.82. The lowest BCUT2D eigenvalue weighted by Gasteiger charge is -2.35. The molecule has 184 valence electrons. The van der Waals surface area contributed by atoms with E-state index < -0.39 is 0 Å². The Kier molecular flexibility index (Phi) is 7.12. The van der Waals surface area contributed by atoms with Crippen LogP contribution < -0.4 is 0 Å².